The molecule has 4 rings (SSSR count). The molecule has 4 aliphatic rings. The summed E-state index contributed by atoms with van der Waals surface area (Å²) >= 11 is 0. The number of aliphatic hydroxyl groups is 2. The third-order valence-corrected chi connectivity index (χ3v) is 9.76. The summed E-state index contributed by atoms with van der Waals surface area (Å²) < 4.78 is 0. The lowest BCUT2D eigenvalue weighted by atomic mass is 9.49. The van der Waals surface area contributed by atoms with Gasteiger partial charge in [-0.3, -0.25) is 0 Å². The zero-order valence-electron chi connectivity index (χ0n) is 18.1. The van der Waals surface area contributed by atoms with E-state index in [2.05, 4.69) is 20.8 Å². The van der Waals surface area contributed by atoms with E-state index in [1.807, 2.05) is 0 Å². The Morgan fingerprint density at radius 3 is 2.44 bits per heavy atom. The van der Waals surface area contributed by atoms with Gasteiger partial charge in [-0.05, 0) is 124 Å². The van der Waals surface area contributed by atoms with Crippen LogP contribution in [-0.2, 0) is 0 Å². The van der Waals surface area contributed by atoms with Crippen LogP contribution < -0.4 is 0 Å². The number of fused-ring (bicyclic) bond motifs is 5. The first kappa shape index (κ1) is 20.2. The fourth-order valence-corrected chi connectivity index (χ4v) is 8.30. The van der Waals surface area contributed by atoms with Crippen LogP contribution in [0.4, 0.5) is 0 Å². The quantitative estimate of drug-likeness (QED) is 0.636. The molecule has 2 heteroatoms. The largest absolute Gasteiger partial charge is 0.393 e. The Kier molecular flexibility index (Phi) is 5.97. The van der Waals surface area contributed by atoms with E-state index in [0.29, 0.717) is 11.3 Å². The van der Waals surface area contributed by atoms with Gasteiger partial charge in [0, 0.05) is 0 Å². The molecular weight excluding hydrogens is 332 g/mol. The van der Waals surface area contributed by atoms with Crippen molar-refractivity contribution in [2.75, 3.05) is 0 Å². The van der Waals surface area contributed by atoms with Crippen molar-refractivity contribution in [1.29, 1.82) is 0 Å². The predicted octanol–water partition coefficient (Wildman–Crippen LogP) is 5.80. The van der Waals surface area contributed by atoms with Crippen molar-refractivity contribution in [2.24, 2.45) is 46.8 Å². The lowest BCUT2D eigenvalue weighted by Crippen LogP contribution is -2.49. The fourth-order valence-electron chi connectivity index (χ4n) is 8.30. The molecule has 0 bridgehead atoms. The number of hydrogen-bond acceptors (Lipinski definition) is 2. The van der Waals surface area contributed by atoms with E-state index in [4.69, 9.17) is 0 Å². The maximum atomic E-state index is 10.7. The molecule has 7 unspecified atom stereocenters. The van der Waals surface area contributed by atoms with Gasteiger partial charge in [0.25, 0.3) is 0 Å². The zero-order valence-corrected chi connectivity index (χ0v) is 18.1. The van der Waals surface area contributed by atoms with Crippen LogP contribution in [0.5, 0.6) is 0 Å². The van der Waals surface area contributed by atoms with Crippen LogP contribution in [0.2, 0.25) is 0 Å². The molecule has 0 aromatic heterocycles. The Morgan fingerprint density at radius 2 is 1.67 bits per heavy atom. The molecule has 0 amide bonds. The van der Waals surface area contributed by atoms with Crippen LogP contribution in [0.25, 0.3) is 0 Å². The van der Waals surface area contributed by atoms with E-state index in [9.17, 15) is 10.2 Å². The molecule has 0 aromatic rings. The standard InChI is InChI=1S/C25H44O2/c1-16(2)4-7-20(27)15-18-6-11-24-23-9-5-17-14-19(26)8-10-21(17)22(23)12-13-25(18,24)3/h16-24,26-27H,4-15H2,1-3H3/t17?,18-,19+,20?,21?,22?,23?,24?,25?/m1/s1. The Bertz CT molecular complexity index is 503. The van der Waals surface area contributed by atoms with Crippen molar-refractivity contribution in [1.82, 2.24) is 0 Å². The Balaban J connectivity index is 1.41. The van der Waals surface area contributed by atoms with Gasteiger partial charge < -0.3 is 10.2 Å². The second-order valence-corrected chi connectivity index (χ2v) is 11.6. The van der Waals surface area contributed by atoms with Gasteiger partial charge in [-0.15, -0.1) is 0 Å². The van der Waals surface area contributed by atoms with Crippen LogP contribution in [0, 0.1) is 46.8 Å². The smallest absolute Gasteiger partial charge is 0.0543 e. The maximum absolute atomic E-state index is 10.7. The van der Waals surface area contributed by atoms with Gasteiger partial charge in [-0.1, -0.05) is 20.8 Å². The minimum Gasteiger partial charge on any atom is -0.393 e. The summed E-state index contributed by atoms with van der Waals surface area (Å²) in [6.45, 7) is 7.13. The Morgan fingerprint density at radius 1 is 0.889 bits per heavy atom. The molecule has 0 radical (unpaired) electrons. The van der Waals surface area contributed by atoms with Crippen LogP contribution in [-0.4, -0.2) is 22.4 Å². The highest BCUT2D eigenvalue weighted by molar-refractivity contribution is 5.06. The van der Waals surface area contributed by atoms with Crippen LogP contribution in [0.15, 0.2) is 0 Å². The Labute approximate surface area is 167 Å². The molecule has 4 aliphatic carbocycles. The topological polar surface area (TPSA) is 40.5 Å². The summed E-state index contributed by atoms with van der Waals surface area (Å²) in [5, 5.41) is 20.8. The van der Waals surface area contributed by atoms with Crippen molar-refractivity contribution >= 4 is 0 Å². The normalized spacial score (nSPS) is 48.0. The molecule has 0 saturated heterocycles. The van der Waals surface area contributed by atoms with Gasteiger partial charge in [-0.2, -0.15) is 0 Å². The second kappa shape index (κ2) is 7.98. The summed E-state index contributed by atoms with van der Waals surface area (Å²) in [7, 11) is 0. The first-order valence-corrected chi connectivity index (χ1v) is 12.2. The highest BCUT2D eigenvalue weighted by Gasteiger charge is 2.56. The molecule has 27 heavy (non-hydrogen) atoms. The molecule has 4 saturated carbocycles. The second-order valence-electron chi connectivity index (χ2n) is 11.6. The third kappa shape index (κ3) is 3.87. The first-order chi connectivity index (χ1) is 12.9. The highest BCUT2D eigenvalue weighted by atomic mass is 16.3. The van der Waals surface area contributed by atoms with Crippen molar-refractivity contribution < 1.29 is 10.2 Å². The molecule has 0 spiro atoms. The van der Waals surface area contributed by atoms with E-state index < -0.39 is 0 Å². The molecule has 0 heterocycles. The molecule has 9 atom stereocenters. The minimum absolute atomic E-state index is 0.0140. The third-order valence-electron chi connectivity index (χ3n) is 9.76. The summed E-state index contributed by atoms with van der Waals surface area (Å²) in [5.74, 6) is 5.97. The molecule has 2 N–H and O–H groups in total. The van der Waals surface area contributed by atoms with Gasteiger partial charge >= 0.3 is 0 Å². The summed E-state index contributed by atoms with van der Waals surface area (Å²) in [4.78, 5) is 0. The average molecular weight is 377 g/mol. The summed E-state index contributed by atoms with van der Waals surface area (Å²) in [6, 6.07) is 0. The van der Waals surface area contributed by atoms with Crippen molar-refractivity contribution in [2.45, 2.75) is 110 Å². The van der Waals surface area contributed by atoms with Gasteiger partial charge in [0.1, 0.15) is 0 Å². The lowest BCUT2D eigenvalue weighted by Gasteiger charge is -2.56. The van der Waals surface area contributed by atoms with Gasteiger partial charge in [-0.25, -0.2) is 0 Å². The molecule has 156 valence electrons. The molecular formula is C25H44O2. The highest BCUT2D eigenvalue weighted by Crippen LogP contribution is 2.64. The van der Waals surface area contributed by atoms with Gasteiger partial charge in [0.05, 0.1) is 12.2 Å². The van der Waals surface area contributed by atoms with Crippen LogP contribution in [0.1, 0.15) is 97.8 Å². The average Bonchev–Trinajstić information content (AvgIpc) is 2.96. The van der Waals surface area contributed by atoms with Crippen LogP contribution >= 0.6 is 0 Å². The molecule has 2 nitrogen and oxygen atoms in total. The van der Waals surface area contributed by atoms with Gasteiger partial charge in [0.15, 0.2) is 0 Å². The van der Waals surface area contributed by atoms with Gasteiger partial charge in [0.2, 0.25) is 0 Å². The van der Waals surface area contributed by atoms with E-state index in [-0.39, 0.29) is 12.2 Å². The number of rotatable bonds is 5. The van der Waals surface area contributed by atoms with E-state index in [0.717, 1.165) is 67.6 Å². The van der Waals surface area contributed by atoms with E-state index in [1.165, 1.54) is 44.9 Å². The first-order valence-electron chi connectivity index (χ1n) is 12.2. The van der Waals surface area contributed by atoms with Crippen LogP contribution in [0.3, 0.4) is 0 Å². The lowest BCUT2D eigenvalue weighted by molar-refractivity contribution is -0.0807. The zero-order chi connectivity index (χ0) is 19.2. The van der Waals surface area contributed by atoms with E-state index >= 15 is 0 Å². The minimum atomic E-state index is -0.0822. The summed E-state index contributed by atoms with van der Waals surface area (Å²) in [6.07, 6.45) is 14.9. The van der Waals surface area contributed by atoms with E-state index in [1.54, 1.807) is 0 Å². The number of hydrogen-bond donors (Lipinski definition) is 2. The predicted molar refractivity (Wildman–Crippen MR) is 111 cm³/mol. The summed E-state index contributed by atoms with van der Waals surface area (Å²) in [5.41, 5.74) is 0.487. The van der Waals surface area contributed by atoms with Crippen molar-refractivity contribution in [3.05, 3.63) is 0 Å². The SMILES string of the molecule is CC(C)CCC(O)C[C@H]1CCC2C3CCC4C[C@@H](O)CCC4C3CCC21C. The number of aliphatic hydroxyl groups excluding tert-OH is 2. The molecule has 0 aliphatic heterocycles. The molecule has 0 aromatic carbocycles. The van der Waals surface area contributed by atoms with Crippen molar-refractivity contribution in [3.8, 4) is 0 Å². The maximum Gasteiger partial charge on any atom is 0.0543 e. The monoisotopic (exact) mass is 376 g/mol. The fraction of sp³-hybridized carbons (Fsp3) is 1.00. The Hall–Kier alpha value is -0.0800. The van der Waals surface area contributed by atoms with Crippen molar-refractivity contribution in [3.63, 3.8) is 0 Å². The molecule has 4 fully saturated rings.